The van der Waals surface area contributed by atoms with Gasteiger partial charge in [-0.3, -0.25) is 9.69 Å². The maximum atomic E-state index is 13.4. The van der Waals surface area contributed by atoms with Gasteiger partial charge in [-0.1, -0.05) is 6.07 Å². The second kappa shape index (κ2) is 6.45. The van der Waals surface area contributed by atoms with Crippen molar-refractivity contribution < 1.29 is 9.18 Å². The van der Waals surface area contributed by atoms with Crippen molar-refractivity contribution in [2.75, 3.05) is 26.2 Å². The maximum absolute atomic E-state index is 13.4. The molecule has 1 aromatic rings. The maximum Gasteiger partial charge on any atom is 0.222 e. The van der Waals surface area contributed by atoms with E-state index >= 15 is 0 Å². The van der Waals surface area contributed by atoms with E-state index in [1.54, 1.807) is 12.1 Å². The monoisotopic (exact) mass is 331 g/mol. The Morgan fingerprint density at radius 2 is 2.08 bits per heavy atom. The van der Waals surface area contributed by atoms with Crippen LogP contribution in [0.1, 0.15) is 42.9 Å². The van der Waals surface area contributed by atoms with Crippen molar-refractivity contribution in [1.29, 1.82) is 0 Å². The number of hydrogen-bond acceptors (Lipinski definition) is 3. The van der Waals surface area contributed by atoms with E-state index in [1.165, 1.54) is 5.56 Å². The summed E-state index contributed by atoms with van der Waals surface area (Å²) in [6, 6.07) is 6.40. The highest BCUT2D eigenvalue weighted by molar-refractivity contribution is 5.78. The number of halogens is 1. The molecule has 0 bridgehead atoms. The minimum absolute atomic E-state index is 0.161. The summed E-state index contributed by atoms with van der Waals surface area (Å²) in [6.45, 7) is 5.88. The van der Waals surface area contributed by atoms with Crippen LogP contribution in [0.4, 0.5) is 4.39 Å². The van der Waals surface area contributed by atoms with Crippen LogP contribution in [-0.4, -0.2) is 54.0 Å². The minimum atomic E-state index is -0.161. The second-order valence-electron chi connectivity index (χ2n) is 7.46. The van der Waals surface area contributed by atoms with Gasteiger partial charge in [-0.15, -0.1) is 0 Å². The van der Waals surface area contributed by atoms with Gasteiger partial charge in [0.25, 0.3) is 0 Å². The van der Waals surface area contributed by atoms with Gasteiger partial charge in [0.05, 0.1) is 0 Å². The zero-order valence-corrected chi connectivity index (χ0v) is 14.3. The molecular weight excluding hydrogens is 305 g/mol. The smallest absolute Gasteiger partial charge is 0.222 e. The molecule has 1 amide bonds. The molecule has 3 fully saturated rings. The molecular formula is C19H26FN3O. The quantitative estimate of drug-likeness (QED) is 0.903. The molecule has 0 aliphatic carbocycles. The first-order valence-electron chi connectivity index (χ1n) is 9.15. The summed E-state index contributed by atoms with van der Waals surface area (Å²) in [5, 5.41) is 3.60. The van der Waals surface area contributed by atoms with Gasteiger partial charge >= 0.3 is 0 Å². The summed E-state index contributed by atoms with van der Waals surface area (Å²) in [6.07, 6.45) is 3.95. The number of hydrogen-bond donors (Lipinski definition) is 1. The molecule has 130 valence electrons. The van der Waals surface area contributed by atoms with Crippen molar-refractivity contribution in [3.8, 4) is 0 Å². The summed E-state index contributed by atoms with van der Waals surface area (Å²) in [5.41, 5.74) is 2.25. The molecule has 1 aromatic carbocycles. The van der Waals surface area contributed by atoms with Gasteiger partial charge in [-0.25, -0.2) is 4.39 Å². The van der Waals surface area contributed by atoms with Crippen LogP contribution in [0, 0.1) is 12.7 Å². The molecule has 3 heterocycles. The fourth-order valence-electron chi connectivity index (χ4n) is 4.72. The van der Waals surface area contributed by atoms with Crippen molar-refractivity contribution in [1.82, 2.24) is 15.1 Å². The van der Waals surface area contributed by atoms with E-state index in [4.69, 9.17) is 0 Å². The molecule has 1 N–H and O–H groups in total. The standard InChI is InChI=1S/C19H26FN3O/c1-13-10-14(20)2-4-17(13)18-11-15(6-7-21-18)22-8-9-23-16(12-22)3-5-19(23)24/h2,4,10,15-16,18,21H,3,5-9,11-12H2,1H3/t15-,16?,18+/m0/s1. The highest BCUT2D eigenvalue weighted by atomic mass is 19.1. The molecule has 0 aromatic heterocycles. The number of aryl methyl sites for hydroxylation is 1. The first kappa shape index (κ1) is 16.0. The topological polar surface area (TPSA) is 35.6 Å². The number of fused-ring (bicyclic) bond motifs is 1. The predicted molar refractivity (Wildman–Crippen MR) is 91.2 cm³/mol. The SMILES string of the molecule is Cc1cc(F)ccc1[C@H]1C[C@@H](N2CCN3C(=O)CCC3C2)CCN1. The summed E-state index contributed by atoms with van der Waals surface area (Å²) in [4.78, 5) is 16.5. The Kier molecular flexibility index (Phi) is 4.31. The molecule has 24 heavy (non-hydrogen) atoms. The fraction of sp³-hybridized carbons (Fsp3) is 0.632. The Hall–Kier alpha value is -1.46. The largest absolute Gasteiger partial charge is 0.337 e. The van der Waals surface area contributed by atoms with Crippen LogP contribution in [0.15, 0.2) is 18.2 Å². The molecule has 0 spiro atoms. The van der Waals surface area contributed by atoms with Crippen LogP contribution in [0.3, 0.4) is 0 Å². The highest BCUT2D eigenvalue weighted by Gasteiger charge is 2.38. The van der Waals surface area contributed by atoms with Crippen molar-refractivity contribution in [2.45, 2.75) is 50.7 Å². The molecule has 0 saturated carbocycles. The minimum Gasteiger partial charge on any atom is -0.337 e. The van der Waals surface area contributed by atoms with Gasteiger partial charge in [-0.05, 0) is 56.0 Å². The number of nitrogens with one attached hydrogen (secondary N) is 1. The van der Waals surface area contributed by atoms with Gasteiger partial charge in [0.15, 0.2) is 0 Å². The first-order valence-corrected chi connectivity index (χ1v) is 9.15. The Morgan fingerprint density at radius 1 is 1.21 bits per heavy atom. The van der Waals surface area contributed by atoms with E-state index in [0.717, 1.165) is 57.4 Å². The molecule has 4 rings (SSSR count). The Bertz CT molecular complexity index is 635. The number of benzene rings is 1. The Morgan fingerprint density at radius 3 is 2.92 bits per heavy atom. The lowest BCUT2D eigenvalue weighted by Crippen LogP contribution is -2.56. The molecule has 4 nitrogen and oxygen atoms in total. The van der Waals surface area contributed by atoms with Gasteiger partial charge < -0.3 is 10.2 Å². The number of rotatable bonds is 2. The fourth-order valence-corrected chi connectivity index (χ4v) is 4.72. The third-order valence-electron chi connectivity index (χ3n) is 6.03. The van der Waals surface area contributed by atoms with E-state index in [2.05, 4.69) is 15.1 Å². The predicted octanol–water partition coefficient (Wildman–Crippen LogP) is 2.23. The summed E-state index contributed by atoms with van der Waals surface area (Å²) in [5.74, 6) is 0.176. The molecule has 1 unspecified atom stereocenters. The number of nitrogens with zero attached hydrogens (tertiary/aromatic N) is 2. The zero-order valence-electron chi connectivity index (χ0n) is 14.3. The number of piperidine rings is 1. The number of carbonyl (C=O) groups excluding carboxylic acids is 1. The van der Waals surface area contributed by atoms with Crippen molar-refractivity contribution in [3.05, 3.63) is 35.1 Å². The first-order chi connectivity index (χ1) is 11.6. The van der Waals surface area contributed by atoms with E-state index in [1.807, 2.05) is 13.0 Å². The van der Waals surface area contributed by atoms with Crippen LogP contribution in [-0.2, 0) is 4.79 Å². The summed E-state index contributed by atoms with van der Waals surface area (Å²) < 4.78 is 13.4. The van der Waals surface area contributed by atoms with Crippen LogP contribution in [0.2, 0.25) is 0 Å². The van der Waals surface area contributed by atoms with Crippen molar-refractivity contribution in [2.24, 2.45) is 0 Å². The molecule has 0 radical (unpaired) electrons. The van der Waals surface area contributed by atoms with Crippen molar-refractivity contribution >= 4 is 5.91 Å². The van der Waals surface area contributed by atoms with E-state index in [9.17, 15) is 9.18 Å². The second-order valence-corrected chi connectivity index (χ2v) is 7.46. The normalized spacial score (nSPS) is 31.3. The Balaban J connectivity index is 1.44. The van der Waals surface area contributed by atoms with Gasteiger partial charge in [0.2, 0.25) is 5.91 Å². The third-order valence-corrected chi connectivity index (χ3v) is 6.03. The lowest BCUT2D eigenvalue weighted by molar-refractivity contribution is -0.131. The number of carbonyl (C=O) groups is 1. The van der Waals surface area contributed by atoms with Crippen LogP contribution < -0.4 is 5.32 Å². The lowest BCUT2D eigenvalue weighted by Gasteiger charge is -2.44. The average molecular weight is 331 g/mol. The van der Waals surface area contributed by atoms with E-state index in [-0.39, 0.29) is 5.82 Å². The zero-order chi connectivity index (χ0) is 16.7. The van der Waals surface area contributed by atoms with Crippen LogP contribution >= 0.6 is 0 Å². The van der Waals surface area contributed by atoms with Crippen LogP contribution in [0.5, 0.6) is 0 Å². The average Bonchev–Trinajstić information content (AvgIpc) is 2.96. The molecule has 3 atom stereocenters. The lowest BCUT2D eigenvalue weighted by atomic mass is 9.90. The van der Waals surface area contributed by atoms with Crippen molar-refractivity contribution in [3.63, 3.8) is 0 Å². The molecule has 3 aliphatic rings. The number of amides is 1. The summed E-state index contributed by atoms with van der Waals surface area (Å²) in [7, 11) is 0. The molecule has 3 aliphatic heterocycles. The number of piperazine rings is 1. The third kappa shape index (κ3) is 2.95. The van der Waals surface area contributed by atoms with Gasteiger partial charge in [-0.2, -0.15) is 0 Å². The van der Waals surface area contributed by atoms with Gasteiger partial charge in [0, 0.05) is 44.2 Å². The van der Waals surface area contributed by atoms with E-state index in [0.29, 0.717) is 24.0 Å². The van der Waals surface area contributed by atoms with Crippen LogP contribution in [0.25, 0.3) is 0 Å². The molecule has 5 heteroatoms. The highest BCUT2D eigenvalue weighted by Crippen LogP contribution is 2.31. The summed E-state index contributed by atoms with van der Waals surface area (Å²) >= 11 is 0. The van der Waals surface area contributed by atoms with E-state index < -0.39 is 0 Å². The Labute approximate surface area is 143 Å². The van der Waals surface area contributed by atoms with Gasteiger partial charge in [0.1, 0.15) is 5.82 Å². The molecule has 3 saturated heterocycles.